The highest BCUT2D eigenvalue weighted by molar-refractivity contribution is 7.88. The summed E-state index contributed by atoms with van der Waals surface area (Å²) in [5.74, 6) is -1.15. The quantitative estimate of drug-likeness (QED) is 0.798. The first kappa shape index (κ1) is 18.2. The van der Waals surface area contributed by atoms with Gasteiger partial charge in [-0.25, -0.2) is 12.7 Å². The summed E-state index contributed by atoms with van der Waals surface area (Å²) in [6.07, 6.45) is 5.88. The second-order valence-corrected chi connectivity index (χ2v) is 8.56. The molecule has 0 aromatic heterocycles. The first-order chi connectivity index (χ1) is 10.8. The number of carbonyl (C=O) groups excluding carboxylic acids is 1. The van der Waals surface area contributed by atoms with Crippen LogP contribution in [0.4, 0.5) is 0 Å². The van der Waals surface area contributed by atoms with Crippen LogP contribution >= 0.6 is 0 Å². The summed E-state index contributed by atoms with van der Waals surface area (Å²) in [7, 11) is -3.27. The first-order valence-electron chi connectivity index (χ1n) is 8.26. The van der Waals surface area contributed by atoms with E-state index in [9.17, 15) is 18.0 Å². The molecule has 2 atom stereocenters. The third-order valence-corrected chi connectivity index (χ3v) is 6.07. The molecule has 2 aliphatic rings. The molecule has 2 heterocycles. The van der Waals surface area contributed by atoms with Gasteiger partial charge in [0, 0.05) is 32.1 Å². The van der Waals surface area contributed by atoms with E-state index in [0.717, 1.165) is 19.3 Å². The van der Waals surface area contributed by atoms with Crippen LogP contribution in [0.1, 0.15) is 44.9 Å². The van der Waals surface area contributed by atoms with Crippen LogP contribution in [0.3, 0.4) is 0 Å². The lowest BCUT2D eigenvalue weighted by molar-refractivity contribution is -0.143. The molecule has 0 aromatic carbocycles. The van der Waals surface area contributed by atoms with Crippen molar-refractivity contribution in [3.63, 3.8) is 0 Å². The topological polar surface area (TPSA) is 95.0 Å². The lowest BCUT2D eigenvalue weighted by Gasteiger charge is -2.40. The smallest absolute Gasteiger partial charge is 0.303 e. The van der Waals surface area contributed by atoms with Crippen molar-refractivity contribution in [3.8, 4) is 0 Å². The Labute approximate surface area is 137 Å². The van der Waals surface area contributed by atoms with E-state index in [1.807, 2.05) is 4.90 Å². The molecule has 1 N–H and O–H groups in total. The fourth-order valence-corrected chi connectivity index (χ4v) is 4.47. The van der Waals surface area contributed by atoms with Crippen LogP contribution in [0.25, 0.3) is 0 Å². The molecule has 0 spiro atoms. The molecule has 0 aliphatic carbocycles. The fourth-order valence-electron chi connectivity index (χ4n) is 3.56. The predicted octanol–water partition coefficient (Wildman–Crippen LogP) is 0.904. The maximum absolute atomic E-state index is 12.8. The van der Waals surface area contributed by atoms with Crippen LogP contribution in [-0.4, -0.2) is 66.5 Å². The van der Waals surface area contributed by atoms with Gasteiger partial charge in [-0.05, 0) is 38.5 Å². The van der Waals surface area contributed by atoms with Crippen molar-refractivity contribution >= 4 is 21.9 Å². The molecule has 23 heavy (non-hydrogen) atoms. The van der Waals surface area contributed by atoms with Gasteiger partial charge in [0.25, 0.3) is 0 Å². The molecular formula is C15H26N2O5S. The van der Waals surface area contributed by atoms with Gasteiger partial charge in [-0.1, -0.05) is 0 Å². The zero-order chi connectivity index (χ0) is 17.0. The summed E-state index contributed by atoms with van der Waals surface area (Å²) >= 11 is 0. The fraction of sp³-hybridized carbons (Fsp3) is 0.867. The van der Waals surface area contributed by atoms with Crippen molar-refractivity contribution in [1.82, 2.24) is 9.21 Å². The van der Waals surface area contributed by atoms with Gasteiger partial charge in [-0.15, -0.1) is 0 Å². The van der Waals surface area contributed by atoms with E-state index < -0.39 is 16.0 Å². The number of amides is 1. The number of hydrogen-bond donors (Lipinski definition) is 1. The van der Waals surface area contributed by atoms with Gasteiger partial charge in [0.2, 0.25) is 15.9 Å². The van der Waals surface area contributed by atoms with Gasteiger partial charge in [-0.2, -0.15) is 0 Å². The maximum Gasteiger partial charge on any atom is 0.303 e. The molecule has 2 aliphatic heterocycles. The Kier molecular flexibility index (Phi) is 6.02. The number of piperidine rings is 2. The standard InChI is InChI=1S/C15H26N2O5S/c1-23(21,22)16-9-4-5-12(11-16)15(20)17-10-3-2-6-13(17)7-8-14(18)19/h12-13H,2-11H2,1H3,(H,18,19)/t12-,13-/m0/s1. The van der Waals surface area contributed by atoms with Crippen LogP contribution in [-0.2, 0) is 19.6 Å². The van der Waals surface area contributed by atoms with Crippen LogP contribution in [0.15, 0.2) is 0 Å². The number of carboxylic acids is 1. The number of carbonyl (C=O) groups is 2. The number of likely N-dealkylation sites (tertiary alicyclic amines) is 1. The maximum atomic E-state index is 12.8. The van der Waals surface area contributed by atoms with E-state index in [4.69, 9.17) is 5.11 Å². The van der Waals surface area contributed by atoms with Crippen molar-refractivity contribution in [3.05, 3.63) is 0 Å². The zero-order valence-electron chi connectivity index (χ0n) is 13.6. The lowest BCUT2D eigenvalue weighted by atomic mass is 9.93. The van der Waals surface area contributed by atoms with E-state index >= 15 is 0 Å². The van der Waals surface area contributed by atoms with Crippen molar-refractivity contribution in [2.24, 2.45) is 5.92 Å². The van der Waals surface area contributed by atoms with Crippen LogP contribution < -0.4 is 0 Å². The molecule has 0 unspecified atom stereocenters. The molecular weight excluding hydrogens is 320 g/mol. The van der Waals surface area contributed by atoms with Gasteiger partial charge >= 0.3 is 5.97 Å². The van der Waals surface area contributed by atoms with E-state index in [-0.39, 0.29) is 30.8 Å². The average molecular weight is 346 g/mol. The van der Waals surface area contributed by atoms with Crippen LogP contribution in [0, 0.1) is 5.92 Å². The molecule has 2 saturated heterocycles. The molecule has 2 fully saturated rings. The van der Waals surface area contributed by atoms with Gasteiger partial charge in [-0.3, -0.25) is 9.59 Å². The van der Waals surface area contributed by atoms with Gasteiger partial charge < -0.3 is 10.0 Å². The minimum absolute atomic E-state index is 0.00608. The normalized spacial score (nSPS) is 26.9. The Morgan fingerprint density at radius 1 is 1.13 bits per heavy atom. The molecule has 0 radical (unpaired) electrons. The Bertz CT molecular complexity index is 548. The predicted molar refractivity (Wildman–Crippen MR) is 85.4 cm³/mol. The second-order valence-electron chi connectivity index (χ2n) is 6.57. The van der Waals surface area contributed by atoms with E-state index in [1.165, 1.54) is 10.6 Å². The third kappa shape index (κ3) is 4.91. The summed E-state index contributed by atoms with van der Waals surface area (Å²) in [5, 5.41) is 8.87. The van der Waals surface area contributed by atoms with E-state index in [1.54, 1.807) is 0 Å². The molecule has 0 saturated carbocycles. The Hall–Kier alpha value is -1.15. The van der Waals surface area contributed by atoms with Crippen LogP contribution in [0.5, 0.6) is 0 Å². The number of hydrogen-bond acceptors (Lipinski definition) is 4. The van der Waals surface area contributed by atoms with E-state index in [2.05, 4.69) is 0 Å². The SMILES string of the molecule is CS(=O)(=O)N1CCC[C@H](C(=O)N2CCCC[C@H]2CCC(=O)O)C1. The Balaban J connectivity index is 2.02. The first-order valence-corrected chi connectivity index (χ1v) is 10.1. The lowest BCUT2D eigenvalue weighted by Crippen LogP contribution is -2.51. The zero-order valence-corrected chi connectivity index (χ0v) is 14.4. The Morgan fingerprint density at radius 2 is 1.87 bits per heavy atom. The highest BCUT2D eigenvalue weighted by Crippen LogP contribution is 2.27. The Morgan fingerprint density at radius 3 is 2.52 bits per heavy atom. The highest BCUT2D eigenvalue weighted by Gasteiger charge is 2.35. The van der Waals surface area contributed by atoms with Gasteiger partial charge in [0.1, 0.15) is 0 Å². The number of nitrogens with zero attached hydrogens (tertiary/aromatic N) is 2. The number of rotatable bonds is 5. The molecule has 7 nitrogen and oxygen atoms in total. The van der Waals surface area contributed by atoms with Crippen molar-refractivity contribution in [2.45, 2.75) is 51.0 Å². The number of aliphatic carboxylic acids is 1. The average Bonchev–Trinajstić information content (AvgIpc) is 2.52. The summed E-state index contributed by atoms with van der Waals surface area (Å²) in [5.41, 5.74) is 0. The molecule has 2 rings (SSSR count). The van der Waals surface area contributed by atoms with Crippen molar-refractivity contribution in [2.75, 3.05) is 25.9 Å². The summed E-state index contributed by atoms with van der Waals surface area (Å²) < 4.78 is 24.8. The van der Waals surface area contributed by atoms with Crippen molar-refractivity contribution < 1.29 is 23.1 Å². The second kappa shape index (κ2) is 7.61. The third-order valence-electron chi connectivity index (χ3n) is 4.80. The van der Waals surface area contributed by atoms with Gasteiger partial charge in [0.15, 0.2) is 0 Å². The summed E-state index contributed by atoms with van der Waals surface area (Å²) in [6.45, 7) is 1.38. The minimum Gasteiger partial charge on any atom is -0.481 e. The molecule has 0 bridgehead atoms. The molecule has 1 amide bonds. The number of carboxylic acid groups (broad SMARTS) is 1. The number of sulfonamides is 1. The summed E-state index contributed by atoms with van der Waals surface area (Å²) in [4.78, 5) is 25.4. The molecule has 132 valence electrons. The largest absolute Gasteiger partial charge is 0.481 e. The van der Waals surface area contributed by atoms with E-state index in [0.29, 0.717) is 32.4 Å². The minimum atomic E-state index is -3.27. The summed E-state index contributed by atoms with van der Waals surface area (Å²) in [6, 6.07) is -0.0269. The van der Waals surface area contributed by atoms with Crippen molar-refractivity contribution in [1.29, 1.82) is 0 Å². The molecule has 8 heteroatoms. The van der Waals surface area contributed by atoms with Gasteiger partial charge in [0.05, 0.1) is 12.2 Å². The van der Waals surface area contributed by atoms with Crippen LogP contribution in [0.2, 0.25) is 0 Å². The monoisotopic (exact) mass is 346 g/mol. The highest BCUT2D eigenvalue weighted by atomic mass is 32.2. The molecule has 0 aromatic rings.